The molecule has 2 heterocycles. The molecule has 120 valence electrons. The molecule has 0 aromatic carbocycles. The lowest BCUT2D eigenvalue weighted by molar-refractivity contribution is -0.136. The summed E-state index contributed by atoms with van der Waals surface area (Å²) in [4.78, 5) is 29.9. The molecular weight excluding hydrogens is 280 g/mol. The van der Waals surface area contributed by atoms with Gasteiger partial charge in [-0.25, -0.2) is 4.98 Å². The van der Waals surface area contributed by atoms with Gasteiger partial charge < -0.3 is 14.8 Å². The molecule has 6 heteroatoms. The fourth-order valence-electron chi connectivity index (χ4n) is 3.14. The number of rotatable bonds is 6. The fraction of sp³-hybridized carbons (Fsp3) is 0.688. The van der Waals surface area contributed by atoms with E-state index in [2.05, 4.69) is 14.9 Å². The van der Waals surface area contributed by atoms with Crippen molar-refractivity contribution in [1.29, 1.82) is 0 Å². The van der Waals surface area contributed by atoms with Crippen LogP contribution in [-0.2, 0) is 16.1 Å². The van der Waals surface area contributed by atoms with Gasteiger partial charge in [-0.05, 0) is 33.1 Å². The van der Waals surface area contributed by atoms with Crippen molar-refractivity contribution < 1.29 is 9.59 Å². The molecule has 3 rings (SSSR count). The standard InChI is InChI=1S/C16H24N4O2/c1-12(20-8-3-4-14(20)21)15(22)18-10-16(5-6-16)11-19-9-7-17-13(19)2/h7,9,12H,3-6,8,10-11H2,1-2H3,(H,18,22)/t12-/m1/s1. The zero-order chi connectivity index (χ0) is 15.7. The molecule has 0 spiro atoms. The first kappa shape index (κ1) is 15.1. The van der Waals surface area contributed by atoms with Gasteiger partial charge in [-0.1, -0.05) is 0 Å². The minimum atomic E-state index is -0.360. The van der Waals surface area contributed by atoms with Crippen LogP contribution in [0.3, 0.4) is 0 Å². The van der Waals surface area contributed by atoms with Gasteiger partial charge in [0.25, 0.3) is 0 Å². The normalized spacial score (nSPS) is 21.0. The van der Waals surface area contributed by atoms with E-state index in [1.54, 1.807) is 4.90 Å². The van der Waals surface area contributed by atoms with Crippen LogP contribution in [0, 0.1) is 12.3 Å². The van der Waals surface area contributed by atoms with Crippen LogP contribution in [0.25, 0.3) is 0 Å². The number of nitrogens with one attached hydrogen (secondary N) is 1. The van der Waals surface area contributed by atoms with Gasteiger partial charge >= 0.3 is 0 Å². The number of carbonyl (C=O) groups excluding carboxylic acids is 2. The van der Waals surface area contributed by atoms with Gasteiger partial charge in [-0.3, -0.25) is 9.59 Å². The van der Waals surface area contributed by atoms with Gasteiger partial charge in [-0.2, -0.15) is 0 Å². The molecule has 0 bridgehead atoms. The smallest absolute Gasteiger partial charge is 0.242 e. The Bertz CT molecular complexity index is 576. The molecule has 22 heavy (non-hydrogen) atoms. The molecule has 2 aliphatic rings. The number of aromatic nitrogens is 2. The maximum atomic E-state index is 12.3. The van der Waals surface area contributed by atoms with Crippen LogP contribution in [0.1, 0.15) is 38.4 Å². The molecule has 1 atom stereocenters. The summed E-state index contributed by atoms with van der Waals surface area (Å²) >= 11 is 0. The monoisotopic (exact) mass is 304 g/mol. The SMILES string of the molecule is Cc1nccn1CC1(CNC(=O)[C@@H](C)N2CCCC2=O)CC1. The quantitative estimate of drug-likeness (QED) is 0.856. The van der Waals surface area contributed by atoms with Crippen LogP contribution < -0.4 is 5.32 Å². The van der Waals surface area contributed by atoms with Crippen LogP contribution in [0.5, 0.6) is 0 Å². The minimum absolute atomic E-state index is 0.0381. The van der Waals surface area contributed by atoms with Crippen molar-refractivity contribution in [3.05, 3.63) is 18.2 Å². The molecular formula is C16H24N4O2. The number of hydrogen-bond donors (Lipinski definition) is 1. The summed E-state index contributed by atoms with van der Waals surface area (Å²) in [5.74, 6) is 1.07. The number of nitrogens with zero attached hydrogens (tertiary/aromatic N) is 3. The lowest BCUT2D eigenvalue weighted by Crippen LogP contribution is -2.47. The van der Waals surface area contributed by atoms with E-state index in [4.69, 9.17) is 0 Å². The highest BCUT2D eigenvalue weighted by Crippen LogP contribution is 2.46. The Morgan fingerprint density at radius 1 is 1.50 bits per heavy atom. The van der Waals surface area contributed by atoms with Gasteiger partial charge in [0.05, 0.1) is 0 Å². The zero-order valence-corrected chi connectivity index (χ0v) is 13.3. The summed E-state index contributed by atoms with van der Waals surface area (Å²) in [6.07, 6.45) is 7.49. The molecule has 2 fully saturated rings. The van der Waals surface area contributed by atoms with Gasteiger partial charge in [0.15, 0.2) is 0 Å². The summed E-state index contributed by atoms with van der Waals surface area (Å²) in [6, 6.07) is -0.360. The van der Waals surface area contributed by atoms with Crippen LogP contribution in [0.15, 0.2) is 12.4 Å². The minimum Gasteiger partial charge on any atom is -0.354 e. The Hall–Kier alpha value is -1.85. The summed E-state index contributed by atoms with van der Waals surface area (Å²) in [5.41, 5.74) is 0.163. The first-order valence-corrected chi connectivity index (χ1v) is 8.06. The van der Waals surface area contributed by atoms with Gasteiger partial charge in [-0.15, -0.1) is 0 Å². The van der Waals surface area contributed by atoms with E-state index in [1.165, 1.54) is 0 Å². The average Bonchev–Trinajstić information content (AvgIpc) is 2.94. The lowest BCUT2D eigenvalue weighted by Gasteiger charge is -2.25. The van der Waals surface area contributed by atoms with Crippen LogP contribution in [0.2, 0.25) is 0 Å². The van der Waals surface area contributed by atoms with Crippen molar-refractivity contribution in [2.75, 3.05) is 13.1 Å². The molecule has 1 saturated heterocycles. The summed E-state index contributed by atoms with van der Waals surface area (Å²) in [6.45, 7) is 6.09. The van der Waals surface area contributed by atoms with Crippen molar-refractivity contribution >= 4 is 11.8 Å². The molecule has 0 radical (unpaired) electrons. The molecule has 1 aromatic rings. The Labute approximate surface area is 130 Å². The van der Waals surface area contributed by atoms with Crippen molar-refractivity contribution in [3.63, 3.8) is 0 Å². The van der Waals surface area contributed by atoms with Crippen LogP contribution in [0.4, 0.5) is 0 Å². The third kappa shape index (κ3) is 3.00. The second-order valence-electron chi connectivity index (χ2n) is 6.69. The van der Waals surface area contributed by atoms with Crippen molar-refractivity contribution in [2.24, 2.45) is 5.41 Å². The predicted molar refractivity (Wildman–Crippen MR) is 82.0 cm³/mol. The molecule has 1 aliphatic heterocycles. The maximum absolute atomic E-state index is 12.3. The second kappa shape index (κ2) is 5.74. The first-order chi connectivity index (χ1) is 10.5. The highest BCUT2D eigenvalue weighted by atomic mass is 16.2. The number of aryl methyl sites for hydroxylation is 1. The fourth-order valence-corrected chi connectivity index (χ4v) is 3.14. The Morgan fingerprint density at radius 3 is 2.82 bits per heavy atom. The summed E-state index contributed by atoms with van der Waals surface area (Å²) < 4.78 is 2.15. The maximum Gasteiger partial charge on any atom is 0.242 e. The highest BCUT2D eigenvalue weighted by Gasteiger charge is 2.43. The molecule has 2 amide bonds. The third-order valence-electron chi connectivity index (χ3n) is 4.98. The zero-order valence-electron chi connectivity index (χ0n) is 13.3. The van der Waals surface area contributed by atoms with Crippen molar-refractivity contribution in [1.82, 2.24) is 19.8 Å². The van der Waals surface area contributed by atoms with Gasteiger partial charge in [0.1, 0.15) is 11.9 Å². The van der Waals surface area contributed by atoms with Crippen molar-refractivity contribution in [3.8, 4) is 0 Å². The largest absolute Gasteiger partial charge is 0.354 e. The predicted octanol–water partition coefficient (Wildman–Crippen LogP) is 1.10. The topological polar surface area (TPSA) is 67.2 Å². The van der Waals surface area contributed by atoms with E-state index in [0.717, 1.165) is 31.6 Å². The number of imidazole rings is 1. The number of carbonyl (C=O) groups is 2. The third-order valence-corrected chi connectivity index (χ3v) is 4.98. The van der Waals surface area contributed by atoms with Crippen LogP contribution >= 0.6 is 0 Å². The molecule has 1 N–H and O–H groups in total. The molecule has 6 nitrogen and oxygen atoms in total. The van der Waals surface area contributed by atoms with E-state index in [-0.39, 0.29) is 23.3 Å². The van der Waals surface area contributed by atoms with E-state index < -0.39 is 0 Å². The second-order valence-corrected chi connectivity index (χ2v) is 6.69. The van der Waals surface area contributed by atoms with E-state index in [0.29, 0.717) is 19.5 Å². The lowest BCUT2D eigenvalue weighted by atomic mass is 10.1. The summed E-state index contributed by atoms with van der Waals surface area (Å²) in [7, 11) is 0. The number of likely N-dealkylation sites (tertiary alicyclic amines) is 1. The molecule has 0 unspecified atom stereocenters. The Kier molecular flexibility index (Phi) is 3.93. The Morgan fingerprint density at radius 2 is 2.27 bits per heavy atom. The summed E-state index contributed by atoms with van der Waals surface area (Å²) in [5, 5.41) is 3.05. The van der Waals surface area contributed by atoms with Gasteiger partial charge in [0, 0.05) is 43.9 Å². The molecule has 1 aromatic heterocycles. The molecule has 1 aliphatic carbocycles. The average molecular weight is 304 g/mol. The van der Waals surface area contributed by atoms with E-state index in [9.17, 15) is 9.59 Å². The van der Waals surface area contributed by atoms with Gasteiger partial charge in [0.2, 0.25) is 11.8 Å². The Balaban J connectivity index is 1.52. The van der Waals surface area contributed by atoms with E-state index in [1.807, 2.05) is 26.2 Å². The number of amides is 2. The molecule has 1 saturated carbocycles. The van der Waals surface area contributed by atoms with E-state index >= 15 is 0 Å². The first-order valence-electron chi connectivity index (χ1n) is 8.06. The highest BCUT2D eigenvalue weighted by molar-refractivity contribution is 5.88. The van der Waals surface area contributed by atoms with Crippen molar-refractivity contribution in [2.45, 2.75) is 52.1 Å². The van der Waals surface area contributed by atoms with Crippen LogP contribution in [-0.4, -0.2) is 45.4 Å². The number of hydrogen-bond acceptors (Lipinski definition) is 3.